The number of fused-ring (bicyclic) bond motifs is 3. The Morgan fingerprint density at radius 3 is 2.89 bits per heavy atom. The Bertz CT molecular complexity index is 993. The van der Waals surface area contributed by atoms with Crippen LogP contribution in [0.4, 0.5) is 14.9 Å². The van der Waals surface area contributed by atoms with Crippen LogP contribution in [0.1, 0.15) is 17.5 Å². The SMILES string of the molecule is O=C1Nc2ccc(F)cc2CN1CC(=O)N1CC2C=C(c3cncnc3)C1C2. The van der Waals surface area contributed by atoms with Crippen LogP contribution in [0.15, 0.2) is 43.0 Å². The lowest BCUT2D eigenvalue weighted by Gasteiger charge is -2.33. The molecule has 1 aromatic carbocycles. The molecule has 2 atom stereocenters. The Balaban J connectivity index is 1.32. The molecule has 3 amide bonds. The molecule has 142 valence electrons. The highest BCUT2D eigenvalue weighted by molar-refractivity contribution is 5.95. The summed E-state index contributed by atoms with van der Waals surface area (Å²) in [5.41, 5.74) is 3.25. The zero-order valence-corrected chi connectivity index (χ0v) is 15.0. The van der Waals surface area contributed by atoms with E-state index < -0.39 is 0 Å². The van der Waals surface area contributed by atoms with Crippen molar-refractivity contribution in [1.82, 2.24) is 19.8 Å². The van der Waals surface area contributed by atoms with E-state index in [1.165, 1.54) is 23.4 Å². The van der Waals surface area contributed by atoms with E-state index in [4.69, 9.17) is 0 Å². The first-order valence-corrected chi connectivity index (χ1v) is 9.19. The molecule has 2 bridgehead atoms. The van der Waals surface area contributed by atoms with Crippen molar-refractivity contribution in [2.45, 2.75) is 19.0 Å². The van der Waals surface area contributed by atoms with Crippen LogP contribution >= 0.6 is 0 Å². The Morgan fingerprint density at radius 2 is 2.11 bits per heavy atom. The van der Waals surface area contributed by atoms with Gasteiger partial charge in [-0.15, -0.1) is 0 Å². The van der Waals surface area contributed by atoms with Gasteiger partial charge in [0.05, 0.1) is 12.6 Å². The Labute approximate surface area is 160 Å². The number of rotatable bonds is 3. The largest absolute Gasteiger partial charge is 0.333 e. The van der Waals surface area contributed by atoms with Crippen molar-refractivity contribution in [3.63, 3.8) is 0 Å². The Kier molecular flexibility index (Phi) is 3.85. The van der Waals surface area contributed by atoms with E-state index in [1.54, 1.807) is 18.5 Å². The number of aromatic nitrogens is 2. The highest BCUT2D eigenvalue weighted by Gasteiger charge is 2.42. The van der Waals surface area contributed by atoms with Crippen molar-refractivity contribution < 1.29 is 14.0 Å². The molecule has 2 aromatic rings. The van der Waals surface area contributed by atoms with Gasteiger partial charge in [0.15, 0.2) is 0 Å². The number of anilines is 1. The molecule has 3 aliphatic rings. The van der Waals surface area contributed by atoms with Gasteiger partial charge < -0.3 is 15.1 Å². The fraction of sp³-hybridized carbons (Fsp3) is 0.300. The molecule has 5 rings (SSSR count). The van der Waals surface area contributed by atoms with Crippen LogP contribution in [-0.2, 0) is 11.3 Å². The number of benzene rings is 1. The molecule has 2 aliphatic heterocycles. The first kappa shape index (κ1) is 16.9. The summed E-state index contributed by atoms with van der Waals surface area (Å²) < 4.78 is 13.5. The Morgan fingerprint density at radius 1 is 1.29 bits per heavy atom. The molecule has 0 spiro atoms. The number of urea groups is 1. The van der Waals surface area contributed by atoms with Gasteiger partial charge >= 0.3 is 6.03 Å². The van der Waals surface area contributed by atoms with Gasteiger partial charge in [-0.3, -0.25) is 4.79 Å². The first-order chi connectivity index (χ1) is 13.6. The van der Waals surface area contributed by atoms with E-state index in [0.29, 0.717) is 23.7 Å². The number of carbonyl (C=O) groups is 2. The third-order valence-electron chi connectivity index (χ3n) is 5.61. The number of nitrogens with zero attached hydrogens (tertiary/aromatic N) is 4. The van der Waals surface area contributed by atoms with E-state index >= 15 is 0 Å². The van der Waals surface area contributed by atoms with Gasteiger partial charge in [0.25, 0.3) is 0 Å². The van der Waals surface area contributed by atoms with Crippen molar-refractivity contribution in [3.05, 3.63) is 59.9 Å². The van der Waals surface area contributed by atoms with Crippen molar-refractivity contribution in [2.24, 2.45) is 5.92 Å². The van der Waals surface area contributed by atoms with Crippen LogP contribution in [0.5, 0.6) is 0 Å². The molecular weight excluding hydrogens is 361 g/mol. The van der Waals surface area contributed by atoms with E-state index in [2.05, 4.69) is 21.4 Å². The van der Waals surface area contributed by atoms with E-state index in [1.807, 2.05) is 4.90 Å². The molecule has 1 saturated heterocycles. The maximum Gasteiger partial charge on any atom is 0.322 e. The predicted octanol–water partition coefficient (Wildman–Crippen LogP) is 2.28. The molecule has 8 heteroatoms. The van der Waals surface area contributed by atoms with Gasteiger partial charge in [0.1, 0.15) is 18.7 Å². The molecule has 7 nitrogen and oxygen atoms in total. The second kappa shape index (κ2) is 6.40. The number of nitrogens with one attached hydrogen (secondary N) is 1. The Hall–Kier alpha value is -3.29. The topological polar surface area (TPSA) is 78.4 Å². The van der Waals surface area contributed by atoms with Gasteiger partial charge in [-0.1, -0.05) is 6.08 Å². The molecule has 1 fully saturated rings. The van der Waals surface area contributed by atoms with Crippen LogP contribution < -0.4 is 5.32 Å². The number of amides is 3. The molecule has 1 aliphatic carbocycles. The molecule has 0 radical (unpaired) electrons. The lowest BCUT2D eigenvalue weighted by molar-refractivity contribution is -0.132. The molecule has 1 aromatic heterocycles. The zero-order chi connectivity index (χ0) is 19.3. The first-order valence-electron chi connectivity index (χ1n) is 9.19. The summed E-state index contributed by atoms with van der Waals surface area (Å²) in [5, 5.41) is 2.72. The van der Waals surface area contributed by atoms with Crippen molar-refractivity contribution in [1.29, 1.82) is 0 Å². The fourth-order valence-corrected chi connectivity index (χ4v) is 4.33. The van der Waals surface area contributed by atoms with Gasteiger partial charge in [0, 0.05) is 30.2 Å². The minimum absolute atomic E-state index is 0.0129. The summed E-state index contributed by atoms with van der Waals surface area (Å²) in [4.78, 5) is 36.7. The standard InChI is InChI=1S/C20H18FN5O2/c21-15-1-2-17-13(5-15)9-25(20(28)24-17)10-19(27)26-8-12-3-16(18(26)4-12)14-6-22-11-23-7-14/h1-3,5-7,11-12,18H,4,8-10H2,(H,24,28). The summed E-state index contributed by atoms with van der Waals surface area (Å²) in [7, 11) is 0. The van der Waals surface area contributed by atoms with Crippen LogP contribution in [-0.4, -0.2) is 50.8 Å². The monoisotopic (exact) mass is 379 g/mol. The summed E-state index contributed by atoms with van der Waals surface area (Å²) in [5.74, 6) is -0.156. The molecule has 3 heterocycles. The number of halogens is 1. The molecule has 28 heavy (non-hydrogen) atoms. The lowest BCUT2D eigenvalue weighted by atomic mass is 10.0. The fourth-order valence-electron chi connectivity index (χ4n) is 4.33. The van der Waals surface area contributed by atoms with Gasteiger partial charge in [-0.2, -0.15) is 0 Å². The maximum atomic E-state index is 13.5. The highest BCUT2D eigenvalue weighted by atomic mass is 19.1. The summed E-state index contributed by atoms with van der Waals surface area (Å²) >= 11 is 0. The minimum atomic E-state index is -0.363. The highest BCUT2D eigenvalue weighted by Crippen LogP contribution is 2.41. The zero-order valence-electron chi connectivity index (χ0n) is 15.0. The van der Waals surface area contributed by atoms with E-state index in [9.17, 15) is 14.0 Å². The van der Waals surface area contributed by atoms with Gasteiger partial charge in [0.2, 0.25) is 5.91 Å². The second-order valence-electron chi connectivity index (χ2n) is 7.39. The van der Waals surface area contributed by atoms with Gasteiger partial charge in [-0.25, -0.2) is 19.2 Å². The normalized spacial score (nSPS) is 22.8. The molecular formula is C20H18FN5O2. The number of hydrogen-bond acceptors (Lipinski definition) is 4. The van der Waals surface area contributed by atoms with Crippen LogP contribution in [0.25, 0.3) is 5.57 Å². The van der Waals surface area contributed by atoms with Gasteiger partial charge in [-0.05, 0) is 41.7 Å². The van der Waals surface area contributed by atoms with E-state index in [-0.39, 0.29) is 36.9 Å². The van der Waals surface area contributed by atoms with Crippen LogP contribution in [0, 0.1) is 11.7 Å². The summed E-state index contributed by atoms with van der Waals surface area (Å²) in [6.07, 6.45) is 8.07. The van der Waals surface area contributed by atoms with Crippen LogP contribution in [0.3, 0.4) is 0 Å². The quantitative estimate of drug-likeness (QED) is 0.888. The van der Waals surface area contributed by atoms with Crippen molar-refractivity contribution in [3.8, 4) is 0 Å². The smallest absolute Gasteiger partial charge is 0.322 e. The maximum absolute atomic E-state index is 13.5. The molecule has 0 saturated carbocycles. The second-order valence-corrected chi connectivity index (χ2v) is 7.39. The van der Waals surface area contributed by atoms with Crippen LogP contribution in [0.2, 0.25) is 0 Å². The third-order valence-corrected chi connectivity index (χ3v) is 5.61. The van der Waals surface area contributed by atoms with Crippen molar-refractivity contribution in [2.75, 3.05) is 18.4 Å². The molecule has 2 unspecified atom stereocenters. The number of hydrogen-bond donors (Lipinski definition) is 1. The third kappa shape index (κ3) is 2.81. The number of carbonyl (C=O) groups excluding carboxylic acids is 2. The predicted molar refractivity (Wildman–Crippen MR) is 99.4 cm³/mol. The summed E-state index contributed by atoms with van der Waals surface area (Å²) in [6.45, 7) is 0.826. The molecule has 1 N–H and O–H groups in total. The average molecular weight is 379 g/mol. The average Bonchev–Trinajstić information content (AvgIpc) is 3.31. The summed E-state index contributed by atoms with van der Waals surface area (Å²) in [6, 6.07) is 3.88. The van der Waals surface area contributed by atoms with Crippen molar-refractivity contribution >= 4 is 23.2 Å². The lowest BCUT2D eigenvalue weighted by Crippen LogP contribution is -2.48. The van der Waals surface area contributed by atoms with E-state index in [0.717, 1.165) is 17.6 Å². The minimum Gasteiger partial charge on any atom is -0.333 e. The number of likely N-dealkylation sites (tertiary alicyclic amines) is 1.